The summed E-state index contributed by atoms with van der Waals surface area (Å²) in [4.78, 5) is 13.9. The minimum absolute atomic E-state index is 0.198. The summed E-state index contributed by atoms with van der Waals surface area (Å²) >= 11 is 0. The second-order valence-corrected chi connectivity index (χ2v) is 6.08. The number of nitrogens with one attached hydrogen (secondary N) is 1. The summed E-state index contributed by atoms with van der Waals surface area (Å²) in [7, 11) is 0. The number of hydrogen-bond acceptors (Lipinski definition) is 2. The summed E-state index contributed by atoms with van der Waals surface area (Å²) in [5.41, 5.74) is 1.12. The molecule has 2 atom stereocenters. The lowest BCUT2D eigenvalue weighted by atomic mass is 10.1. The molecular formula is C16H21FN2O. The van der Waals surface area contributed by atoms with Crippen molar-refractivity contribution < 1.29 is 9.18 Å². The number of carbonyl (C=O) groups excluding carboxylic acids is 1. The monoisotopic (exact) mass is 276 g/mol. The first-order chi connectivity index (χ1) is 9.61. The first-order valence-corrected chi connectivity index (χ1v) is 7.42. The van der Waals surface area contributed by atoms with Crippen LogP contribution < -0.4 is 5.32 Å². The van der Waals surface area contributed by atoms with E-state index in [4.69, 9.17) is 0 Å². The van der Waals surface area contributed by atoms with E-state index >= 15 is 0 Å². The van der Waals surface area contributed by atoms with Crippen molar-refractivity contribution in [3.05, 3.63) is 35.6 Å². The van der Waals surface area contributed by atoms with E-state index in [-0.39, 0.29) is 17.9 Å². The van der Waals surface area contributed by atoms with Crippen LogP contribution in [-0.2, 0) is 11.2 Å². The smallest absolute Gasteiger partial charge is 0.224 e. The molecule has 1 aromatic rings. The SMILES string of the molecule is C[C@H](Cc1ccc(F)cc1)N[C@H]1CC(=O)N(C2CC2)C1. The van der Waals surface area contributed by atoms with E-state index in [1.165, 1.54) is 25.0 Å². The van der Waals surface area contributed by atoms with Crippen LogP contribution in [0.3, 0.4) is 0 Å². The van der Waals surface area contributed by atoms with Crippen molar-refractivity contribution in [3.63, 3.8) is 0 Å². The van der Waals surface area contributed by atoms with Crippen molar-refractivity contribution in [3.8, 4) is 0 Å². The second-order valence-electron chi connectivity index (χ2n) is 6.08. The van der Waals surface area contributed by atoms with Crippen LogP contribution in [0.4, 0.5) is 4.39 Å². The lowest BCUT2D eigenvalue weighted by molar-refractivity contribution is -0.128. The zero-order valence-corrected chi connectivity index (χ0v) is 11.8. The van der Waals surface area contributed by atoms with Gasteiger partial charge < -0.3 is 10.2 Å². The molecule has 1 aliphatic carbocycles. The highest BCUT2D eigenvalue weighted by Gasteiger charge is 2.39. The molecule has 1 N–H and O–H groups in total. The molecule has 108 valence electrons. The molecule has 0 spiro atoms. The van der Waals surface area contributed by atoms with Gasteiger partial charge in [0, 0.05) is 31.1 Å². The van der Waals surface area contributed by atoms with E-state index in [1.54, 1.807) is 0 Å². The highest BCUT2D eigenvalue weighted by atomic mass is 19.1. The van der Waals surface area contributed by atoms with Crippen LogP contribution in [0.2, 0.25) is 0 Å². The number of carbonyl (C=O) groups is 1. The first kappa shape index (κ1) is 13.6. The minimum Gasteiger partial charge on any atom is -0.338 e. The van der Waals surface area contributed by atoms with E-state index in [0.717, 1.165) is 18.5 Å². The van der Waals surface area contributed by atoms with Crippen molar-refractivity contribution in [1.82, 2.24) is 10.2 Å². The molecule has 2 aliphatic rings. The Labute approximate surface area is 119 Å². The highest BCUT2D eigenvalue weighted by Crippen LogP contribution is 2.30. The van der Waals surface area contributed by atoms with Gasteiger partial charge in [-0.05, 0) is 43.9 Å². The Morgan fingerprint density at radius 1 is 1.35 bits per heavy atom. The van der Waals surface area contributed by atoms with Gasteiger partial charge in [-0.15, -0.1) is 0 Å². The number of hydrogen-bond donors (Lipinski definition) is 1. The minimum atomic E-state index is -0.198. The Morgan fingerprint density at radius 2 is 2.05 bits per heavy atom. The largest absolute Gasteiger partial charge is 0.338 e. The molecule has 1 aromatic carbocycles. The molecule has 2 fully saturated rings. The third kappa shape index (κ3) is 3.18. The van der Waals surface area contributed by atoms with Gasteiger partial charge in [-0.2, -0.15) is 0 Å². The Kier molecular flexibility index (Phi) is 3.74. The molecule has 3 rings (SSSR count). The van der Waals surface area contributed by atoms with E-state index in [1.807, 2.05) is 17.0 Å². The molecule has 0 unspecified atom stereocenters. The van der Waals surface area contributed by atoms with E-state index in [0.29, 0.717) is 18.4 Å². The lowest BCUT2D eigenvalue weighted by Crippen LogP contribution is -2.40. The Balaban J connectivity index is 1.50. The van der Waals surface area contributed by atoms with Crippen molar-refractivity contribution in [2.24, 2.45) is 0 Å². The fourth-order valence-corrected chi connectivity index (χ4v) is 3.02. The maximum absolute atomic E-state index is 12.9. The molecule has 4 heteroatoms. The van der Waals surface area contributed by atoms with E-state index in [2.05, 4.69) is 12.2 Å². The molecule has 1 amide bonds. The van der Waals surface area contributed by atoms with Gasteiger partial charge in [-0.3, -0.25) is 4.79 Å². The van der Waals surface area contributed by atoms with Crippen molar-refractivity contribution in [2.45, 2.75) is 50.7 Å². The lowest BCUT2D eigenvalue weighted by Gasteiger charge is -2.20. The molecule has 3 nitrogen and oxygen atoms in total. The van der Waals surface area contributed by atoms with Gasteiger partial charge in [0.2, 0.25) is 5.91 Å². The molecule has 0 aromatic heterocycles. The zero-order valence-electron chi connectivity index (χ0n) is 11.8. The number of nitrogens with zero attached hydrogens (tertiary/aromatic N) is 1. The number of amides is 1. The van der Waals surface area contributed by atoms with Crippen LogP contribution in [0, 0.1) is 5.82 Å². The molecule has 0 radical (unpaired) electrons. The molecule has 1 saturated heterocycles. The fourth-order valence-electron chi connectivity index (χ4n) is 3.02. The van der Waals surface area contributed by atoms with Gasteiger partial charge in [0.15, 0.2) is 0 Å². The summed E-state index contributed by atoms with van der Waals surface area (Å²) in [5, 5.41) is 3.53. The molecule has 1 heterocycles. The van der Waals surface area contributed by atoms with Gasteiger partial charge in [0.05, 0.1) is 0 Å². The van der Waals surface area contributed by atoms with Crippen LogP contribution in [0.15, 0.2) is 24.3 Å². The van der Waals surface area contributed by atoms with Crippen molar-refractivity contribution in [2.75, 3.05) is 6.54 Å². The number of benzene rings is 1. The Morgan fingerprint density at radius 3 is 2.70 bits per heavy atom. The maximum atomic E-state index is 12.9. The zero-order chi connectivity index (χ0) is 14.1. The second kappa shape index (κ2) is 5.52. The predicted molar refractivity (Wildman–Crippen MR) is 75.8 cm³/mol. The summed E-state index contributed by atoms with van der Waals surface area (Å²) in [6.07, 6.45) is 3.81. The topological polar surface area (TPSA) is 32.3 Å². The van der Waals surface area contributed by atoms with Crippen LogP contribution >= 0.6 is 0 Å². The van der Waals surface area contributed by atoms with Gasteiger partial charge in [0.1, 0.15) is 5.82 Å². The van der Waals surface area contributed by atoms with Gasteiger partial charge in [-0.1, -0.05) is 12.1 Å². The van der Waals surface area contributed by atoms with E-state index < -0.39 is 0 Å². The van der Waals surface area contributed by atoms with E-state index in [9.17, 15) is 9.18 Å². The van der Waals surface area contributed by atoms with Crippen LogP contribution in [0.1, 0.15) is 31.7 Å². The predicted octanol–water partition coefficient (Wildman–Crippen LogP) is 2.11. The van der Waals surface area contributed by atoms with Crippen LogP contribution in [-0.4, -0.2) is 35.5 Å². The van der Waals surface area contributed by atoms with Crippen LogP contribution in [0.5, 0.6) is 0 Å². The standard InChI is InChI=1S/C16H21FN2O/c1-11(8-12-2-4-13(17)5-3-12)18-14-9-16(20)19(10-14)15-6-7-15/h2-5,11,14-15,18H,6-10H2,1H3/t11-,14+/m1/s1. The third-order valence-electron chi connectivity index (χ3n) is 4.12. The number of rotatable bonds is 5. The number of halogens is 1. The highest BCUT2D eigenvalue weighted by molar-refractivity contribution is 5.80. The average Bonchev–Trinajstić information content (AvgIpc) is 3.17. The summed E-state index contributed by atoms with van der Waals surface area (Å²) in [6, 6.07) is 7.71. The summed E-state index contributed by atoms with van der Waals surface area (Å²) in [6.45, 7) is 2.96. The molecule has 0 bridgehead atoms. The third-order valence-corrected chi connectivity index (χ3v) is 4.12. The van der Waals surface area contributed by atoms with Crippen molar-refractivity contribution in [1.29, 1.82) is 0 Å². The Bertz CT molecular complexity index is 484. The summed E-state index contributed by atoms with van der Waals surface area (Å²) in [5.74, 6) is 0.0924. The quantitative estimate of drug-likeness (QED) is 0.893. The molecule has 1 aliphatic heterocycles. The average molecular weight is 276 g/mol. The number of likely N-dealkylation sites (tertiary alicyclic amines) is 1. The van der Waals surface area contributed by atoms with Gasteiger partial charge >= 0.3 is 0 Å². The Hall–Kier alpha value is -1.42. The summed E-state index contributed by atoms with van der Waals surface area (Å²) < 4.78 is 12.9. The van der Waals surface area contributed by atoms with Gasteiger partial charge in [-0.25, -0.2) is 4.39 Å². The molecular weight excluding hydrogens is 255 g/mol. The molecule has 20 heavy (non-hydrogen) atoms. The normalized spacial score (nSPS) is 24.2. The van der Waals surface area contributed by atoms with Crippen LogP contribution in [0.25, 0.3) is 0 Å². The molecule has 1 saturated carbocycles. The fraction of sp³-hybridized carbons (Fsp3) is 0.562. The van der Waals surface area contributed by atoms with Gasteiger partial charge in [0.25, 0.3) is 0 Å². The first-order valence-electron chi connectivity index (χ1n) is 7.42. The maximum Gasteiger partial charge on any atom is 0.224 e. The van der Waals surface area contributed by atoms with Crippen molar-refractivity contribution >= 4 is 5.91 Å².